The highest BCUT2D eigenvalue weighted by atomic mass is 16.3. The van der Waals surface area contributed by atoms with Crippen LogP contribution in [0.3, 0.4) is 0 Å². The van der Waals surface area contributed by atoms with Crippen molar-refractivity contribution >= 4 is 0 Å². The zero-order valence-electron chi connectivity index (χ0n) is 11.9. The molecule has 102 valence electrons. The fourth-order valence-electron chi connectivity index (χ4n) is 2.91. The largest absolute Gasteiger partial charge is 0.468 e. The van der Waals surface area contributed by atoms with Gasteiger partial charge in [0, 0.05) is 18.2 Å². The van der Waals surface area contributed by atoms with Crippen LogP contribution in [0.2, 0.25) is 0 Å². The van der Waals surface area contributed by atoms with E-state index in [9.17, 15) is 0 Å². The highest BCUT2D eigenvalue weighted by Crippen LogP contribution is 2.26. The van der Waals surface area contributed by atoms with Crippen molar-refractivity contribution in [2.75, 3.05) is 13.1 Å². The van der Waals surface area contributed by atoms with Crippen molar-refractivity contribution in [3.05, 3.63) is 23.7 Å². The van der Waals surface area contributed by atoms with Gasteiger partial charge in [0.1, 0.15) is 5.76 Å². The molecule has 1 unspecified atom stereocenters. The SMILES string of the molecule is CCNCc1ccoc1CN1CCCC1C(C)C. The van der Waals surface area contributed by atoms with E-state index in [2.05, 4.69) is 37.1 Å². The first kappa shape index (κ1) is 13.6. The zero-order chi connectivity index (χ0) is 13.0. The van der Waals surface area contributed by atoms with Crippen molar-refractivity contribution in [2.24, 2.45) is 5.92 Å². The average molecular weight is 250 g/mol. The monoisotopic (exact) mass is 250 g/mol. The first-order valence-electron chi connectivity index (χ1n) is 7.22. The van der Waals surface area contributed by atoms with Crippen LogP contribution in [0.25, 0.3) is 0 Å². The van der Waals surface area contributed by atoms with Crippen molar-refractivity contribution in [2.45, 2.75) is 52.7 Å². The summed E-state index contributed by atoms with van der Waals surface area (Å²) in [6.45, 7) is 10.9. The molecule has 0 saturated carbocycles. The number of furan rings is 1. The van der Waals surface area contributed by atoms with Crippen LogP contribution < -0.4 is 5.32 Å². The molecule has 3 heteroatoms. The molecule has 1 aromatic heterocycles. The third kappa shape index (κ3) is 3.15. The molecule has 1 aliphatic rings. The lowest BCUT2D eigenvalue weighted by atomic mass is 10.0. The Labute approximate surface area is 111 Å². The van der Waals surface area contributed by atoms with Crippen molar-refractivity contribution in [1.29, 1.82) is 0 Å². The van der Waals surface area contributed by atoms with Gasteiger partial charge < -0.3 is 9.73 Å². The molecule has 2 heterocycles. The standard InChI is InChI=1S/C15H26N2O/c1-4-16-10-13-7-9-18-15(13)11-17-8-5-6-14(17)12(2)3/h7,9,12,14,16H,4-6,8,10-11H2,1-3H3. The summed E-state index contributed by atoms with van der Waals surface area (Å²) in [4.78, 5) is 2.58. The molecule has 0 spiro atoms. The molecule has 0 amide bonds. The van der Waals surface area contributed by atoms with Gasteiger partial charge in [-0.1, -0.05) is 20.8 Å². The average Bonchev–Trinajstić information content (AvgIpc) is 2.96. The Morgan fingerprint density at radius 2 is 2.33 bits per heavy atom. The lowest BCUT2D eigenvalue weighted by Gasteiger charge is -2.27. The summed E-state index contributed by atoms with van der Waals surface area (Å²) in [6.07, 6.45) is 4.48. The van der Waals surface area contributed by atoms with E-state index in [0.29, 0.717) is 0 Å². The molecular formula is C15H26N2O. The minimum absolute atomic E-state index is 0.724. The Kier molecular flexibility index (Phi) is 4.84. The molecule has 1 saturated heterocycles. The van der Waals surface area contributed by atoms with E-state index in [-0.39, 0.29) is 0 Å². The van der Waals surface area contributed by atoms with Gasteiger partial charge in [0.05, 0.1) is 12.8 Å². The van der Waals surface area contributed by atoms with E-state index in [0.717, 1.165) is 37.4 Å². The van der Waals surface area contributed by atoms with Gasteiger partial charge in [0.15, 0.2) is 0 Å². The van der Waals surface area contributed by atoms with Crippen LogP contribution in [0.5, 0.6) is 0 Å². The third-order valence-electron chi connectivity index (χ3n) is 3.93. The van der Waals surface area contributed by atoms with Crippen molar-refractivity contribution in [1.82, 2.24) is 10.2 Å². The molecular weight excluding hydrogens is 224 g/mol. The molecule has 0 bridgehead atoms. The van der Waals surface area contributed by atoms with Crippen LogP contribution in [0.4, 0.5) is 0 Å². The van der Waals surface area contributed by atoms with Gasteiger partial charge in [-0.3, -0.25) is 4.90 Å². The van der Waals surface area contributed by atoms with Crippen LogP contribution in [0.15, 0.2) is 16.7 Å². The Balaban J connectivity index is 1.98. The Morgan fingerprint density at radius 3 is 3.06 bits per heavy atom. The van der Waals surface area contributed by atoms with Gasteiger partial charge >= 0.3 is 0 Å². The second kappa shape index (κ2) is 6.39. The summed E-state index contributed by atoms with van der Waals surface area (Å²) in [7, 11) is 0. The minimum atomic E-state index is 0.724. The van der Waals surface area contributed by atoms with Gasteiger partial charge in [-0.15, -0.1) is 0 Å². The normalized spacial score (nSPS) is 21.0. The predicted molar refractivity (Wildman–Crippen MR) is 74.4 cm³/mol. The molecule has 3 nitrogen and oxygen atoms in total. The molecule has 1 fully saturated rings. The van der Waals surface area contributed by atoms with Crippen LogP contribution in [-0.2, 0) is 13.1 Å². The van der Waals surface area contributed by atoms with Gasteiger partial charge in [-0.25, -0.2) is 0 Å². The molecule has 0 radical (unpaired) electrons. The summed E-state index contributed by atoms with van der Waals surface area (Å²) < 4.78 is 5.67. The molecule has 0 aliphatic carbocycles. The maximum absolute atomic E-state index is 5.67. The molecule has 2 rings (SSSR count). The number of hydrogen-bond acceptors (Lipinski definition) is 3. The second-order valence-corrected chi connectivity index (χ2v) is 5.57. The summed E-state index contributed by atoms with van der Waals surface area (Å²) in [5.41, 5.74) is 1.31. The summed E-state index contributed by atoms with van der Waals surface area (Å²) in [6, 6.07) is 2.82. The number of hydrogen-bond donors (Lipinski definition) is 1. The smallest absolute Gasteiger partial charge is 0.122 e. The van der Waals surface area contributed by atoms with Crippen molar-refractivity contribution in [3.63, 3.8) is 0 Å². The minimum Gasteiger partial charge on any atom is -0.468 e. The molecule has 0 aromatic carbocycles. The number of nitrogens with zero attached hydrogens (tertiary/aromatic N) is 1. The number of rotatable bonds is 6. The first-order valence-corrected chi connectivity index (χ1v) is 7.22. The highest BCUT2D eigenvalue weighted by Gasteiger charge is 2.28. The molecule has 1 N–H and O–H groups in total. The van der Waals surface area contributed by atoms with Gasteiger partial charge in [-0.2, -0.15) is 0 Å². The van der Waals surface area contributed by atoms with E-state index < -0.39 is 0 Å². The first-order chi connectivity index (χ1) is 8.72. The Morgan fingerprint density at radius 1 is 1.50 bits per heavy atom. The summed E-state index contributed by atoms with van der Waals surface area (Å²) >= 11 is 0. The Bertz CT molecular complexity index is 359. The quantitative estimate of drug-likeness (QED) is 0.841. The van der Waals surface area contributed by atoms with Crippen LogP contribution in [-0.4, -0.2) is 24.0 Å². The molecule has 1 atom stereocenters. The van der Waals surface area contributed by atoms with Crippen LogP contribution in [0.1, 0.15) is 44.9 Å². The highest BCUT2D eigenvalue weighted by molar-refractivity contribution is 5.17. The van der Waals surface area contributed by atoms with Crippen molar-refractivity contribution in [3.8, 4) is 0 Å². The molecule has 18 heavy (non-hydrogen) atoms. The van der Waals surface area contributed by atoms with E-state index in [1.54, 1.807) is 0 Å². The maximum atomic E-state index is 5.67. The molecule has 1 aromatic rings. The van der Waals surface area contributed by atoms with Crippen molar-refractivity contribution < 1.29 is 4.42 Å². The predicted octanol–water partition coefficient (Wildman–Crippen LogP) is 3.01. The van der Waals surface area contributed by atoms with Gasteiger partial charge in [-0.05, 0) is 37.9 Å². The van der Waals surface area contributed by atoms with Crippen LogP contribution in [0, 0.1) is 5.92 Å². The second-order valence-electron chi connectivity index (χ2n) is 5.57. The van der Waals surface area contributed by atoms with Gasteiger partial charge in [0.2, 0.25) is 0 Å². The number of likely N-dealkylation sites (tertiary alicyclic amines) is 1. The topological polar surface area (TPSA) is 28.4 Å². The Hall–Kier alpha value is -0.800. The fourth-order valence-corrected chi connectivity index (χ4v) is 2.91. The molecule has 1 aliphatic heterocycles. The van der Waals surface area contributed by atoms with Crippen LogP contribution >= 0.6 is 0 Å². The zero-order valence-corrected chi connectivity index (χ0v) is 11.9. The fraction of sp³-hybridized carbons (Fsp3) is 0.733. The third-order valence-corrected chi connectivity index (χ3v) is 3.93. The summed E-state index contributed by atoms with van der Waals surface area (Å²) in [5, 5.41) is 3.37. The lowest BCUT2D eigenvalue weighted by Crippen LogP contribution is -2.33. The van der Waals surface area contributed by atoms with E-state index >= 15 is 0 Å². The number of nitrogens with one attached hydrogen (secondary N) is 1. The summed E-state index contributed by atoms with van der Waals surface area (Å²) in [5.74, 6) is 1.88. The van der Waals surface area contributed by atoms with E-state index in [4.69, 9.17) is 4.42 Å². The maximum Gasteiger partial charge on any atom is 0.122 e. The lowest BCUT2D eigenvalue weighted by molar-refractivity contribution is 0.184. The van der Waals surface area contributed by atoms with E-state index in [1.165, 1.54) is 24.9 Å². The van der Waals surface area contributed by atoms with Gasteiger partial charge in [0.25, 0.3) is 0 Å². The van der Waals surface area contributed by atoms with E-state index in [1.807, 2.05) is 6.26 Å².